The molecule has 0 aromatic heterocycles. The highest BCUT2D eigenvalue weighted by atomic mass is 16.5. The minimum Gasteiger partial charge on any atom is -0.466 e. The summed E-state index contributed by atoms with van der Waals surface area (Å²) in [6, 6.07) is 0. The number of carbonyl (C=O) groups is 2. The molecule has 0 aliphatic carbocycles. The van der Waals surface area contributed by atoms with Crippen molar-refractivity contribution in [2.45, 2.75) is 45.1 Å². The van der Waals surface area contributed by atoms with E-state index < -0.39 is 0 Å². The highest BCUT2D eigenvalue weighted by molar-refractivity contribution is 5.77. The number of ether oxygens (including phenoxy) is 2. The number of rotatable bonds is 7. The monoisotopic (exact) mass is 257 g/mol. The SMILES string of the molecule is CCOC(=O)CCN(C)C(=O)CCC1CCCO1. The molecule has 104 valence electrons. The van der Waals surface area contributed by atoms with Crippen LogP contribution >= 0.6 is 0 Å². The molecule has 18 heavy (non-hydrogen) atoms. The summed E-state index contributed by atoms with van der Waals surface area (Å²) in [6.45, 7) is 3.39. The van der Waals surface area contributed by atoms with Gasteiger partial charge in [0.05, 0.1) is 19.1 Å². The first-order valence-electron chi connectivity index (χ1n) is 6.64. The third-order valence-corrected chi connectivity index (χ3v) is 3.09. The van der Waals surface area contributed by atoms with Crippen molar-refractivity contribution in [1.29, 1.82) is 0 Å². The van der Waals surface area contributed by atoms with Gasteiger partial charge in [-0.15, -0.1) is 0 Å². The molecular weight excluding hydrogens is 234 g/mol. The van der Waals surface area contributed by atoms with Crippen LogP contribution in [0.2, 0.25) is 0 Å². The van der Waals surface area contributed by atoms with Gasteiger partial charge in [0.15, 0.2) is 0 Å². The van der Waals surface area contributed by atoms with Crippen LogP contribution in [0.15, 0.2) is 0 Å². The zero-order valence-corrected chi connectivity index (χ0v) is 11.3. The van der Waals surface area contributed by atoms with E-state index in [1.165, 1.54) is 0 Å². The van der Waals surface area contributed by atoms with Crippen LogP contribution in [0.4, 0.5) is 0 Å². The molecular formula is C13H23NO4. The van der Waals surface area contributed by atoms with Crippen LogP contribution in [0.5, 0.6) is 0 Å². The molecule has 1 saturated heterocycles. The number of nitrogens with zero attached hydrogens (tertiary/aromatic N) is 1. The van der Waals surface area contributed by atoms with Gasteiger partial charge in [0.1, 0.15) is 0 Å². The Labute approximate surface area is 108 Å². The van der Waals surface area contributed by atoms with Crippen molar-refractivity contribution >= 4 is 11.9 Å². The second kappa shape index (κ2) is 8.08. The average Bonchev–Trinajstić information content (AvgIpc) is 2.86. The van der Waals surface area contributed by atoms with Crippen LogP contribution in [0.25, 0.3) is 0 Å². The lowest BCUT2D eigenvalue weighted by molar-refractivity contribution is -0.143. The average molecular weight is 257 g/mol. The fourth-order valence-corrected chi connectivity index (χ4v) is 1.96. The maximum Gasteiger partial charge on any atom is 0.307 e. The molecule has 1 rings (SSSR count). The van der Waals surface area contributed by atoms with Gasteiger partial charge in [-0.3, -0.25) is 9.59 Å². The van der Waals surface area contributed by atoms with Crippen molar-refractivity contribution in [3.63, 3.8) is 0 Å². The minimum atomic E-state index is -0.253. The van der Waals surface area contributed by atoms with E-state index >= 15 is 0 Å². The molecule has 1 aliphatic rings. The normalized spacial score (nSPS) is 18.7. The van der Waals surface area contributed by atoms with Crippen molar-refractivity contribution in [3.05, 3.63) is 0 Å². The number of amides is 1. The number of carbonyl (C=O) groups excluding carboxylic acids is 2. The molecule has 5 heteroatoms. The van der Waals surface area contributed by atoms with E-state index in [-0.39, 0.29) is 24.4 Å². The van der Waals surface area contributed by atoms with Crippen LogP contribution in [-0.2, 0) is 19.1 Å². The van der Waals surface area contributed by atoms with Crippen molar-refractivity contribution < 1.29 is 19.1 Å². The Morgan fingerprint density at radius 1 is 1.39 bits per heavy atom. The maximum absolute atomic E-state index is 11.8. The molecule has 0 aromatic carbocycles. The largest absolute Gasteiger partial charge is 0.466 e. The molecule has 0 saturated carbocycles. The summed E-state index contributed by atoms with van der Waals surface area (Å²) in [5, 5.41) is 0. The van der Waals surface area contributed by atoms with E-state index in [0.717, 1.165) is 25.9 Å². The van der Waals surface area contributed by atoms with Gasteiger partial charge < -0.3 is 14.4 Å². The summed E-state index contributed by atoms with van der Waals surface area (Å²) in [5.41, 5.74) is 0. The predicted molar refractivity (Wildman–Crippen MR) is 67.1 cm³/mol. The number of hydrogen-bond acceptors (Lipinski definition) is 4. The molecule has 0 N–H and O–H groups in total. The van der Waals surface area contributed by atoms with Crippen molar-refractivity contribution in [2.75, 3.05) is 26.8 Å². The molecule has 0 bridgehead atoms. The Morgan fingerprint density at radius 3 is 2.78 bits per heavy atom. The fourth-order valence-electron chi connectivity index (χ4n) is 1.96. The van der Waals surface area contributed by atoms with E-state index in [2.05, 4.69) is 0 Å². The molecule has 0 radical (unpaired) electrons. The fraction of sp³-hybridized carbons (Fsp3) is 0.846. The summed E-state index contributed by atoms with van der Waals surface area (Å²) in [7, 11) is 1.72. The Bertz CT molecular complexity index is 274. The van der Waals surface area contributed by atoms with E-state index in [0.29, 0.717) is 19.6 Å². The number of esters is 1. The Balaban J connectivity index is 2.13. The first-order valence-corrected chi connectivity index (χ1v) is 6.64. The summed E-state index contributed by atoms with van der Waals surface area (Å²) in [5.74, 6) is -0.189. The van der Waals surface area contributed by atoms with E-state index in [1.54, 1.807) is 18.9 Å². The molecule has 1 unspecified atom stereocenters. The van der Waals surface area contributed by atoms with Crippen molar-refractivity contribution in [3.8, 4) is 0 Å². The molecule has 5 nitrogen and oxygen atoms in total. The molecule has 1 fully saturated rings. The van der Waals surface area contributed by atoms with Gasteiger partial charge in [0.2, 0.25) is 5.91 Å². The van der Waals surface area contributed by atoms with E-state index in [9.17, 15) is 9.59 Å². The Hall–Kier alpha value is -1.10. The lowest BCUT2D eigenvalue weighted by atomic mass is 10.1. The van der Waals surface area contributed by atoms with Crippen LogP contribution in [0.3, 0.4) is 0 Å². The summed E-state index contributed by atoms with van der Waals surface area (Å²) in [4.78, 5) is 24.5. The molecule has 1 aliphatic heterocycles. The van der Waals surface area contributed by atoms with E-state index in [1.807, 2.05) is 0 Å². The van der Waals surface area contributed by atoms with Crippen LogP contribution in [-0.4, -0.2) is 49.7 Å². The highest BCUT2D eigenvalue weighted by Gasteiger charge is 2.18. The first-order chi connectivity index (χ1) is 8.63. The van der Waals surface area contributed by atoms with Crippen LogP contribution in [0, 0.1) is 0 Å². The molecule has 0 spiro atoms. The van der Waals surface area contributed by atoms with Gasteiger partial charge >= 0.3 is 5.97 Å². The second-order valence-corrected chi connectivity index (χ2v) is 4.54. The van der Waals surface area contributed by atoms with Gasteiger partial charge in [-0.1, -0.05) is 0 Å². The summed E-state index contributed by atoms with van der Waals surface area (Å²) >= 11 is 0. The van der Waals surface area contributed by atoms with Gasteiger partial charge in [0, 0.05) is 26.6 Å². The summed E-state index contributed by atoms with van der Waals surface area (Å²) < 4.78 is 10.3. The summed E-state index contributed by atoms with van der Waals surface area (Å²) in [6.07, 6.45) is 3.92. The zero-order valence-electron chi connectivity index (χ0n) is 11.3. The lowest BCUT2D eigenvalue weighted by Gasteiger charge is -2.17. The number of hydrogen-bond donors (Lipinski definition) is 0. The van der Waals surface area contributed by atoms with E-state index in [4.69, 9.17) is 9.47 Å². The minimum absolute atomic E-state index is 0.0646. The van der Waals surface area contributed by atoms with Gasteiger partial charge in [-0.05, 0) is 26.2 Å². The van der Waals surface area contributed by atoms with Gasteiger partial charge in [-0.25, -0.2) is 0 Å². The zero-order chi connectivity index (χ0) is 13.4. The Morgan fingerprint density at radius 2 is 2.17 bits per heavy atom. The molecule has 0 aromatic rings. The predicted octanol–water partition coefficient (Wildman–Crippen LogP) is 1.36. The van der Waals surface area contributed by atoms with Crippen molar-refractivity contribution in [1.82, 2.24) is 4.90 Å². The Kier molecular flexibility index (Phi) is 6.72. The second-order valence-electron chi connectivity index (χ2n) is 4.54. The quantitative estimate of drug-likeness (QED) is 0.646. The van der Waals surface area contributed by atoms with Gasteiger partial charge in [0.25, 0.3) is 0 Å². The third-order valence-electron chi connectivity index (χ3n) is 3.09. The standard InChI is InChI=1S/C13H23NO4/c1-3-17-13(16)8-9-14(2)12(15)7-6-11-5-4-10-18-11/h11H,3-10H2,1-2H3. The van der Waals surface area contributed by atoms with Crippen molar-refractivity contribution in [2.24, 2.45) is 0 Å². The maximum atomic E-state index is 11.8. The molecule has 1 atom stereocenters. The smallest absolute Gasteiger partial charge is 0.307 e. The third kappa shape index (κ3) is 5.49. The van der Waals surface area contributed by atoms with Crippen LogP contribution < -0.4 is 0 Å². The van der Waals surface area contributed by atoms with Gasteiger partial charge in [-0.2, -0.15) is 0 Å². The molecule has 1 heterocycles. The topological polar surface area (TPSA) is 55.8 Å². The highest BCUT2D eigenvalue weighted by Crippen LogP contribution is 2.17. The first kappa shape index (κ1) is 15.0. The molecule has 1 amide bonds. The van der Waals surface area contributed by atoms with Crippen LogP contribution in [0.1, 0.15) is 39.0 Å². The lowest BCUT2D eigenvalue weighted by Crippen LogP contribution is -2.30.